The van der Waals surface area contributed by atoms with Gasteiger partial charge in [-0.2, -0.15) is 0 Å². The second-order valence-corrected chi connectivity index (χ2v) is 11.3. The summed E-state index contributed by atoms with van der Waals surface area (Å²) in [6, 6.07) is 66.3. The maximum absolute atomic E-state index is 6.29. The summed E-state index contributed by atoms with van der Waals surface area (Å²) in [5, 5.41) is 2.21. The first-order chi connectivity index (χ1) is 22.8. The van der Waals surface area contributed by atoms with E-state index in [1.54, 1.807) is 0 Å². The van der Waals surface area contributed by atoms with Gasteiger partial charge in [0.1, 0.15) is 11.2 Å². The fourth-order valence-corrected chi connectivity index (χ4v) is 6.45. The maximum atomic E-state index is 6.29. The third-order valence-corrected chi connectivity index (χ3v) is 8.49. The number of anilines is 3. The Kier molecular flexibility index (Phi) is 7.22. The van der Waals surface area contributed by atoms with Crippen molar-refractivity contribution < 1.29 is 4.42 Å². The zero-order valence-electron chi connectivity index (χ0n) is 25.3. The zero-order chi connectivity index (χ0) is 30.7. The molecule has 0 aliphatic carbocycles. The molecule has 218 valence electrons. The van der Waals surface area contributed by atoms with Gasteiger partial charge in [0.2, 0.25) is 0 Å². The average Bonchev–Trinajstić information content (AvgIpc) is 3.52. The molecule has 0 aliphatic heterocycles. The van der Waals surface area contributed by atoms with E-state index in [1.165, 1.54) is 27.8 Å². The van der Waals surface area contributed by atoms with E-state index in [4.69, 9.17) is 4.42 Å². The van der Waals surface area contributed by atoms with Crippen LogP contribution in [0.3, 0.4) is 0 Å². The number of fused-ring (bicyclic) bond motifs is 3. The van der Waals surface area contributed by atoms with Crippen LogP contribution in [0.5, 0.6) is 0 Å². The molecule has 0 spiro atoms. The highest BCUT2D eigenvalue weighted by Gasteiger charge is 2.20. The first-order valence-corrected chi connectivity index (χ1v) is 15.6. The van der Waals surface area contributed by atoms with Crippen molar-refractivity contribution in [1.82, 2.24) is 0 Å². The Morgan fingerprint density at radius 2 is 0.783 bits per heavy atom. The minimum atomic E-state index is 0.876. The molecule has 8 rings (SSSR count). The Bertz CT molecular complexity index is 2230. The van der Waals surface area contributed by atoms with Gasteiger partial charge in [0, 0.05) is 16.8 Å². The summed E-state index contributed by atoms with van der Waals surface area (Å²) in [6.07, 6.45) is 0. The van der Waals surface area contributed by atoms with Gasteiger partial charge < -0.3 is 9.32 Å². The van der Waals surface area contributed by atoms with Crippen LogP contribution >= 0.6 is 0 Å². The molecule has 0 bridgehead atoms. The van der Waals surface area contributed by atoms with Crippen LogP contribution in [0.2, 0.25) is 0 Å². The first kappa shape index (κ1) is 27.4. The molecule has 1 aromatic heterocycles. The third kappa shape index (κ3) is 5.06. The van der Waals surface area contributed by atoms with Crippen molar-refractivity contribution >= 4 is 50.1 Å². The molecule has 0 radical (unpaired) electrons. The minimum absolute atomic E-state index is 0.876. The van der Waals surface area contributed by atoms with Gasteiger partial charge in [-0.25, -0.2) is 0 Å². The molecule has 1 heterocycles. The number of benzene rings is 7. The predicted molar refractivity (Wildman–Crippen MR) is 193 cm³/mol. The van der Waals surface area contributed by atoms with Gasteiger partial charge in [-0.05, 0) is 75.9 Å². The highest BCUT2D eigenvalue weighted by Crippen LogP contribution is 2.43. The number of nitrogens with zero attached hydrogens (tertiary/aromatic N) is 1. The van der Waals surface area contributed by atoms with Crippen LogP contribution in [0.1, 0.15) is 22.3 Å². The van der Waals surface area contributed by atoms with Gasteiger partial charge >= 0.3 is 0 Å². The number of hydrogen-bond donors (Lipinski definition) is 0. The normalized spacial score (nSPS) is 11.0. The Morgan fingerprint density at radius 3 is 1.35 bits per heavy atom. The lowest BCUT2D eigenvalue weighted by Gasteiger charge is -2.26. The lowest BCUT2D eigenvalue weighted by atomic mass is 9.86. The summed E-state index contributed by atoms with van der Waals surface area (Å²) in [7, 11) is 0. The van der Waals surface area contributed by atoms with E-state index in [2.05, 4.69) is 181 Å². The van der Waals surface area contributed by atoms with Gasteiger partial charge in [-0.1, -0.05) is 146 Å². The molecule has 0 atom stereocenters. The monoisotopic (exact) mass is 589 g/mol. The first-order valence-electron chi connectivity index (χ1n) is 15.6. The largest absolute Gasteiger partial charge is 0.456 e. The molecule has 0 saturated carbocycles. The summed E-state index contributed by atoms with van der Waals surface area (Å²) in [4.78, 5) is 2.33. The average molecular weight is 590 g/mol. The molecule has 46 heavy (non-hydrogen) atoms. The number of furan rings is 1. The van der Waals surface area contributed by atoms with E-state index >= 15 is 0 Å². The number of hydrogen-bond acceptors (Lipinski definition) is 2. The topological polar surface area (TPSA) is 16.4 Å². The van der Waals surface area contributed by atoms with Gasteiger partial charge in [0.15, 0.2) is 0 Å². The van der Waals surface area contributed by atoms with Gasteiger partial charge in [0.25, 0.3) is 0 Å². The Balaban J connectivity index is 1.34. The van der Waals surface area contributed by atoms with E-state index in [1.807, 2.05) is 12.1 Å². The molecule has 2 heteroatoms. The minimum Gasteiger partial charge on any atom is -0.456 e. The SMILES string of the molecule is c1ccc(C(=C(c2ccccc2)c2ccc(N(c3ccccc3)c3cccc4oc5ccccc5c34)cc2)c2ccccc2)cc1. The van der Waals surface area contributed by atoms with Crippen LogP contribution in [0, 0.1) is 0 Å². The van der Waals surface area contributed by atoms with E-state index < -0.39 is 0 Å². The summed E-state index contributed by atoms with van der Waals surface area (Å²) >= 11 is 0. The molecule has 8 aromatic rings. The van der Waals surface area contributed by atoms with Crippen LogP contribution in [-0.2, 0) is 0 Å². The second kappa shape index (κ2) is 12.1. The molecule has 0 fully saturated rings. The lowest BCUT2D eigenvalue weighted by Crippen LogP contribution is -2.10. The molecule has 2 nitrogen and oxygen atoms in total. The fraction of sp³-hybridized carbons (Fsp3) is 0. The van der Waals surface area contributed by atoms with Crippen molar-refractivity contribution in [3.8, 4) is 0 Å². The van der Waals surface area contributed by atoms with E-state index in [9.17, 15) is 0 Å². The second-order valence-electron chi connectivity index (χ2n) is 11.3. The van der Waals surface area contributed by atoms with Crippen molar-refractivity contribution in [2.45, 2.75) is 0 Å². The highest BCUT2D eigenvalue weighted by molar-refractivity contribution is 6.13. The summed E-state index contributed by atoms with van der Waals surface area (Å²) in [6.45, 7) is 0. The highest BCUT2D eigenvalue weighted by atomic mass is 16.3. The van der Waals surface area contributed by atoms with Crippen LogP contribution < -0.4 is 4.90 Å². The molecule has 0 saturated heterocycles. The van der Waals surface area contributed by atoms with Crippen LogP contribution in [0.25, 0.3) is 33.1 Å². The quantitative estimate of drug-likeness (QED) is 0.172. The Hall–Kier alpha value is -6.12. The van der Waals surface area contributed by atoms with E-state index in [0.717, 1.165) is 44.6 Å². The van der Waals surface area contributed by atoms with Crippen LogP contribution in [0.4, 0.5) is 17.1 Å². The predicted octanol–water partition coefficient (Wildman–Crippen LogP) is 12.1. The summed E-state index contributed by atoms with van der Waals surface area (Å²) in [5.74, 6) is 0. The summed E-state index contributed by atoms with van der Waals surface area (Å²) in [5.41, 5.74) is 12.1. The Labute approximate surface area is 269 Å². The molecule has 0 amide bonds. The van der Waals surface area contributed by atoms with Gasteiger partial charge in [-0.3, -0.25) is 0 Å². The Morgan fingerprint density at radius 1 is 0.348 bits per heavy atom. The van der Waals surface area contributed by atoms with Gasteiger partial charge in [0.05, 0.1) is 11.1 Å². The number of para-hydroxylation sites is 2. The van der Waals surface area contributed by atoms with E-state index in [-0.39, 0.29) is 0 Å². The lowest BCUT2D eigenvalue weighted by molar-refractivity contribution is 0.669. The maximum Gasteiger partial charge on any atom is 0.137 e. The standard InChI is InChI=1S/C44H31NO/c1-5-16-32(17-6-1)42(33-18-7-2-8-19-33)43(34-20-9-3-10-21-34)35-28-30-37(31-29-35)45(36-22-11-4-12-23-36)39-25-15-27-41-44(39)38-24-13-14-26-40(38)46-41/h1-31H. The van der Waals surface area contributed by atoms with Crippen molar-refractivity contribution in [1.29, 1.82) is 0 Å². The third-order valence-electron chi connectivity index (χ3n) is 8.49. The van der Waals surface area contributed by atoms with E-state index in [0.29, 0.717) is 0 Å². The molecular formula is C44H31NO. The molecular weight excluding hydrogens is 558 g/mol. The fourth-order valence-electron chi connectivity index (χ4n) is 6.45. The molecule has 0 unspecified atom stereocenters. The summed E-state index contributed by atoms with van der Waals surface area (Å²) < 4.78 is 6.29. The zero-order valence-corrected chi connectivity index (χ0v) is 25.3. The van der Waals surface area contributed by atoms with Crippen LogP contribution in [0.15, 0.2) is 192 Å². The van der Waals surface area contributed by atoms with Crippen molar-refractivity contribution in [3.05, 3.63) is 210 Å². The van der Waals surface area contributed by atoms with Crippen LogP contribution in [-0.4, -0.2) is 0 Å². The molecule has 7 aromatic carbocycles. The molecule has 0 N–H and O–H groups in total. The van der Waals surface area contributed by atoms with Crippen molar-refractivity contribution in [2.24, 2.45) is 0 Å². The van der Waals surface area contributed by atoms with Crippen molar-refractivity contribution in [3.63, 3.8) is 0 Å². The smallest absolute Gasteiger partial charge is 0.137 e. The van der Waals surface area contributed by atoms with Gasteiger partial charge in [-0.15, -0.1) is 0 Å². The molecule has 0 aliphatic rings. The number of rotatable bonds is 7. The van der Waals surface area contributed by atoms with Crippen molar-refractivity contribution in [2.75, 3.05) is 4.90 Å².